The zero-order chi connectivity index (χ0) is 31.3. The van der Waals surface area contributed by atoms with E-state index in [9.17, 15) is 22.8 Å². The van der Waals surface area contributed by atoms with E-state index in [1.54, 1.807) is 24.4 Å². The number of alkyl halides is 3. The average molecular weight is 621 g/mol. The lowest BCUT2D eigenvalue weighted by atomic mass is 10.0. The molecule has 1 aromatic heterocycles. The number of hydrogen-bond acceptors (Lipinski definition) is 7. The highest BCUT2D eigenvalue weighted by Crippen LogP contribution is 2.56. The molecular weight excluding hydrogens is 589 g/mol. The topological polar surface area (TPSA) is 108 Å². The van der Waals surface area contributed by atoms with Crippen LogP contribution in [0.5, 0.6) is 17.2 Å². The van der Waals surface area contributed by atoms with E-state index in [1.165, 1.54) is 12.1 Å². The van der Waals surface area contributed by atoms with Gasteiger partial charge in [-0.25, -0.2) is 9.78 Å². The van der Waals surface area contributed by atoms with Gasteiger partial charge in [0.25, 0.3) is 0 Å². The lowest BCUT2D eigenvalue weighted by Crippen LogP contribution is -2.45. The summed E-state index contributed by atoms with van der Waals surface area (Å²) in [6.45, 7) is 6.25. The number of hydrogen-bond donors (Lipinski definition) is 3. The van der Waals surface area contributed by atoms with Gasteiger partial charge < -0.3 is 30.3 Å². The van der Waals surface area contributed by atoms with E-state index in [0.29, 0.717) is 60.5 Å². The molecule has 2 aromatic carbocycles. The van der Waals surface area contributed by atoms with Gasteiger partial charge in [-0.2, -0.15) is 13.2 Å². The highest BCUT2D eigenvalue weighted by atomic mass is 19.4. The number of nitrogens with zero attached hydrogens (tertiary/aromatic N) is 3. The molecule has 10 nitrogen and oxygen atoms in total. The normalized spacial score (nSPS) is 19.2. The number of piperazine rings is 1. The van der Waals surface area contributed by atoms with Gasteiger partial charge in [0.1, 0.15) is 28.8 Å². The molecule has 1 fully saturated rings. The molecule has 1 unspecified atom stereocenters. The summed E-state index contributed by atoms with van der Waals surface area (Å²) in [5, 5.41) is 8.02. The summed E-state index contributed by atoms with van der Waals surface area (Å²) in [5.41, 5.74) is 1.63. The predicted octanol–water partition coefficient (Wildman–Crippen LogP) is 5.44. The first-order valence-corrected chi connectivity index (χ1v) is 14.9. The number of halogens is 3. The number of allylic oxidation sites excluding steroid dienone is 2. The molecule has 3 N–H and O–H groups in total. The van der Waals surface area contributed by atoms with E-state index >= 15 is 0 Å². The highest BCUT2D eigenvalue weighted by Gasteiger charge is 2.49. The van der Waals surface area contributed by atoms with Crippen LogP contribution in [0.1, 0.15) is 41.5 Å². The Hall–Kier alpha value is -4.62. The number of pyridine rings is 1. The Morgan fingerprint density at radius 2 is 1.87 bits per heavy atom. The monoisotopic (exact) mass is 620 g/mol. The molecule has 7 rings (SSSR count). The van der Waals surface area contributed by atoms with Crippen LogP contribution in [-0.2, 0) is 23.9 Å². The van der Waals surface area contributed by atoms with Crippen LogP contribution in [0.4, 0.5) is 29.5 Å². The van der Waals surface area contributed by atoms with Crippen molar-refractivity contribution in [1.29, 1.82) is 0 Å². The maximum atomic E-state index is 14.0. The van der Waals surface area contributed by atoms with Crippen LogP contribution in [0.3, 0.4) is 0 Å². The van der Waals surface area contributed by atoms with Gasteiger partial charge in [-0.3, -0.25) is 9.69 Å². The average Bonchev–Trinajstić information content (AvgIpc) is 3.53. The van der Waals surface area contributed by atoms with E-state index < -0.39 is 17.8 Å². The molecular formula is C32H31F3N6O4. The number of ether oxygens (including phenoxy) is 2. The molecule has 1 saturated heterocycles. The third-order valence-corrected chi connectivity index (χ3v) is 8.57. The molecule has 3 aromatic rings. The Balaban J connectivity index is 0.995. The van der Waals surface area contributed by atoms with Crippen LogP contribution in [0.15, 0.2) is 60.1 Å². The van der Waals surface area contributed by atoms with Gasteiger partial charge in [0, 0.05) is 62.2 Å². The molecule has 3 amide bonds. The molecule has 13 heteroatoms. The number of aromatic nitrogens is 1. The molecule has 3 aliphatic heterocycles. The molecule has 0 saturated carbocycles. The SMILES string of the molecule is CCN1CCN(Cc2ccc(NC(=O)NC3=C4Oc5ccc(Oc6ccnc7c6CCC(=O)N7)cc5C34)cc2C(F)(F)F)CC1. The maximum Gasteiger partial charge on any atom is 0.416 e. The second-order valence-corrected chi connectivity index (χ2v) is 11.5. The second-order valence-electron chi connectivity index (χ2n) is 11.5. The largest absolute Gasteiger partial charge is 0.458 e. The van der Waals surface area contributed by atoms with Crippen molar-refractivity contribution in [2.45, 2.75) is 38.4 Å². The summed E-state index contributed by atoms with van der Waals surface area (Å²) in [6.07, 6.45) is -2.14. The van der Waals surface area contributed by atoms with Crippen molar-refractivity contribution < 1.29 is 32.2 Å². The second kappa shape index (κ2) is 11.4. The highest BCUT2D eigenvalue weighted by molar-refractivity contribution is 5.93. The van der Waals surface area contributed by atoms with Crippen molar-refractivity contribution in [3.05, 3.63) is 82.4 Å². The van der Waals surface area contributed by atoms with Gasteiger partial charge in [0.15, 0.2) is 0 Å². The Kier molecular flexibility index (Phi) is 7.37. The van der Waals surface area contributed by atoms with Crippen molar-refractivity contribution >= 4 is 23.4 Å². The van der Waals surface area contributed by atoms with Crippen LogP contribution >= 0.6 is 0 Å². The fourth-order valence-corrected chi connectivity index (χ4v) is 6.10. The lowest BCUT2D eigenvalue weighted by Gasteiger charge is -2.34. The smallest absolute Gasteiger partial charge is 0.416 e. The first-order valence-electron chi connectivity index (χ1n) is 14.9. The Morgan fingerprint density at radius 1 is 1.07 bits per heavy atom. The van der Waals surface area contributed by atoms with Crippen molar-refractivity contribution in [2.24, 2.45) is 0 Å². The number of likely N-dealkylation sites (N-methyl/N-ethyl adjacent to an activating group) is 1. The van der Waals surface area contributed by atoms with Crippen LogP contribution in [0.2, 0.25) is 0 Å². The van der Waals surface area contributed by atoms with Crippen molar-refractivity contribution in [2.75, 3.05) is 43.4 Å². The fraction of sp³-hybridized carbons (Fsp3) is 0.344. The number of nitrogens with one attached hydrogen (secondary N) is 3. The quantitative estimate of drug-likeness (QED) is 0.323. The van der Waals surface area contributed by atoms with Gasteiger partial charge in [-0.15, -0.1) is 0 Å². The first-order chi connectivity index (χ1) is 21.7. The third kappa shape index (κ3) is 5.92. The molecule has 4 aliphatic rings. The van der Waals surface area contributed by atoms with Crippen molar-refractivity contribution in [1.82, 2.24) is 20.1 Å². The van der Waals surface area contributed by atoms with Crippen LogP contribution < -0.4 is 25.4 Å². The van der Waals surface area contributed by atoms with E-state index in [0.717, 1.165) is 36.8 Å². The molecule has 1 atom stereocenters. The number of carbonyl (C=O) groups excluding carboxylic acids is 2. The van der Waals surface area contributed by atoms with Crippen molar-refractivity contribution in [3.63, 3.8) is 0 Å². The molecule has 0 spiro atoms. The van der Waals surface area contributed by atoms with Gasteiger partial charge in [0.2, 0.25) is 5.91 Å². The number of fused-ring (bicyclic) bond motifs is 4. The number of carbonyl (C=O) groups is 2. The number of amides is 3. The van der Waals surface area contributed by atoms with Gasteiger partial charge in [-0.1, -0.05) is 13.0 Å². The van der Waals surface area contributed by atoms with E-state index in [4.69, 9.17) is 9.47 Å². The minimum Gasteiger partial charge on any atom is -0.458 e. The number of urea groups is 1. The van der Waals surface area contributed by atoms with Gasteiger partial charge in [-0.05, 0) is 54.9 Å². The minimum atomic E-state index is -4.56. The van der Waals surface area contributed by atoms with Crippen LogP contribution in [0.25, 0.3) is 0 Å². The molecule has 0 bridgehead atoms. The van der Waals surface area contributed by atoms with Crippen LogP contribution in [0, 0.1) is 0 Å². The maximum absolute atomic E-state index is 14.0. The van der Waals surface area contributed by atoms with Crippen LogP contribution in [-0.4, -0.2) is 59.4 Å². The molecule has 0 radical (unpaired) electrons. The summed E-state index contributed by atoms with van der Waals surface area (Å²) in [7, 11) is 0. The molecule has 45 heavy (non-hydrogen) atoms. The lowest BCUT2D eigenvalue weighted by molar-refractivity contribution is -0.138. The summed E-state index contributed by atoms with van der Waals surface area (Å²) >= 11 is 0. The summed E-state index contributed by atoms with van der Waals surface area (Å²) in [4.78, 5) is 33.1. The van der Waals surface area contributed by atoms with Gasteiger partial charge >= 0.3 is 12.2 Å². The number of benzene rings is 2. The molecule has 4 heterocycles. The zero-order valence-electron chi connectivity index (χ0n) is 24.5. The van der Waals surface area contributed by atoms with E-state index in [1.807, 2.05) is 11.0 Å². The Morgan fingerprint density at radius 3 is 2.64 bits per heavy atom. The minimum absolute atomic E-state index is 0.0460. The first kappa shape index (κ1) is 29.1. The predicted molar refractivity (Wildman–Crippen MR) is 159 cm³/mol. The zero-order valence-corrected chi connectivity index (χ0v) is 24.5. The summed E-state index contributed by atoms with van der Waals surface area (Å²) < 4.78 is 54.1. The molecule has 234 valence electrons. The van der Waals surface area contributed by atoms with Crippen molar-refractivity contribution in [3.8, 4) is 17.2 Å². The number of anilines is 2. The Labute approximate surface area is 257 Å². The fourth-order valence-electron chi connectivity index (χ4n) is 6.10. The standard InChI is InChI=1S/C32H31F3N6O4/c1-2-40-11-13-41(14-12-40)17-18-3-4-19(15-23(18)32(33,34)35)37-31(43)39-28-27-22-16-20(5-7-24(22)45-29(27)28)44-25-9-10-36-30-21(25)6-8-26(42)38-30/h3-5,7,9-10,15-16,27H,2,6,8,11-14,17H2,1H3,(H,36,38,42)(H2,37,39,43). The third-order valence-electron chi connectivity index (χ3n) is 8.57. The number of rotatable bonds is 7. The Bertz CT molecular complexity index is 1720. The molecule has 1 aliphatic carbocycles. The van der Waals surface area contributed by atoms with Gasteiger partial charge in [0.05, 0.1) is 17.2 Å². The summed E-state index contributed by atoms with van der Waals surface area (Å²) in [6, 6.07) is 10.4. The summed E-state index contributed by atoms with van der Waals surface area (Å²) in [5.74, 6) is 2.47. The van der Waals surface area contributed by atoms with E-state index in [-0.39, 0.29) is 29.6 Å². The van der Waals surface area contributed by atoms with E-state index in [2.05, 4.69) is 32.8 Å².